The third kappa shape index (κ3) is 6.68. The first-order valence-electron chi connectivity index (χ1n) is 6.42. The molecule has 19 heavy (non-hydrogen) atoms. The van der Waals surface area contributed by atoms with Gasteiger partial charge in [0.2, 0.25) is 0 Å². The molecule has 0 aromatic heterocycles. The van der Waals surface area contributed by atoms with Crippen molar-refractivity contribution in [1.82, 2.24) is 0 Å². The van der Waals surface area contributed by atoms with Gasteiger partial charge in [-0.05, 0) is 19.8 Å². The van der Waals surface area contributed by atoms with Gasteiger partial charge in [-0.25, -0.2) is 8.42 Å². The number of Topliss-reactive ketones (excluding diaryl/α,β-unsaturated/α-hetero) is 1. The van der Waals surface area contributed by atoms with Gasteiger partial charge in [-0.3, -0.25) is 9.59 Å². The van der Waals surface area contributed by atoms with Gasteiger partial charge >= 0.3 is 5.97 Å². The molecular formula is C12H20O6S. The zero-order valence-electron chi connectivity index (χ0n) is 11.1. The highest BCUT2D eigenvalue weighted by molar-refractivity contribution is 7.92. The maximum absolute atomic E-state index is 11.8. The number of hydrogen-bond donors (Lipinski definition) is 0. The molecule has 1 fully saturated rings. The second-order valence-electron chi connectivity index (χ2n) is 4.53. The molecule has 1 aliphatic heterocycles. The van der Waals surface area contributed by atoms with Crippen LogP contribution in [0.1, 0.15) is 32.6 Å². The summed E-state index contributed by atoms with van der Waals surface area (Å²) in [7, 11) is -3.45. The van der Waals surface area contributed by atoms with Crippen LogP contribution in [0.15, 0.2) is 0 Å². The maximum Gasteiger partial charge on any atom is 0.306 e. The first-order chi connectivity index (χ1) is 8.93. The molecule has 0 bridgehead atoms. The first kappa shape index (κ1) is 16.1. The Hall–Kier alpha value is -0.950. The lowest BCUT2D eigenvalue weighted by Crippen LogP contribution is -2.26. The molecule has 1 aliphatic rings. The van der Waals surface area contributed by atoms with Crippen molar-refractivity contribution in [2.75, 3.05) is 24.7 Å². The van der Waals surface area contributed by atoms with Crippen molar-refractivity contribution in [3.8, 4) is 0 Å². The van der Waals surface area contributed by atoms with Gasteiger partial charge in [-0.2, -0.15) is 0 Å². The Morgan fingerprint density at radius 1 is 1.32 bits per heavy atom. The van der Waals surface area contributed by atoms with Gasteiger partial charge in [0.05, 0.1) is 24.9 Å². The average molecular weight is 292 g/mol. The molecule has 1 rings (SSSR count). The van der Waals surface area contributed by atoms with Gasteiger partial charge < -0.3 is 9.47 Å². The number of sulfone groups is 1. The fourth-order valence-corrected chi connectivity index (χ4v) is 3.49. The van der Waals surface area contributed by atoms with Crippen LogP contribution in [0.4, 0.5) is 0 Å². The Labute approximate surface area is 113 Å². The second kappa shape index (κ2) is 7.59. The molecule has 0 aromatic rings. The van der Waals surface area contributed by atoms with E-state index in [2.05, 4.69) is 4.74 Å². The summed E-state index contributed by atoms with van der Waals surface area (Å²) in [5.41, 5.74) is 0. The maximum atomic E-state index is 11.8. The van der Waals surface area contributed by atoms with Crippen molar-refractivity contribution in [3.63, 3.8) is 0 Å². The molecule has 0 aromatic carbocycles. The van der Waals surface area contributed by atoms with E-state index < -0.39 is 27.3 Å². The van der Waals surface area contributed by atoms with Crippen LogP contribution in [-0.2, 0) is 28.9 Å². The molecule has 0 radical (unpaired) electrons. The van der Waals surface area contributed by atoms with Crippen molar-refractivity contribution in [3.05, 3.63) is 0 Å². The Morgan fingerprint density at radius 2 is 2.05 bits per heavy atom. The lowest BCUT2D eigenvalue weighted by molar-refractivity contribution is -0.144. The van der Waals surface area contributed by atoms with Crippen LogP contribution in [0.2, 0.25) is 0 Å². The van der Waals surface area contributed by atoms with Crippen molar-refractivity contribution >= 4 is 21.6 Å². The molecule has 0 spiro atoms. The lowest BCUT2D eigenvalue weighted by Gasteiger charge is -2.09. The highest BCUT2D eigenvalue weighted by Gasteiger charge is 2.25. The predicted molar refractivity (Wildman–Crippen MR) is 68.5 cm³/mol. The van der Waals surface area contributed by atoms with Crippen LogP contribution in [-0.4, -0.2) is 51.0 Å². The van der Waals surface area contributed by atoms with Gasteiger partial charge in [-0.1, -0.05) is 0 Å². The zero-order valence-corrected chi connectivity index (χ0v) is 11.9. The molecule has 0 N–H and O–H groups in total. The van der Waals surface area contributed by atoms with Crippen LogP contribution in [0.5, 0.6) is 0 Å². The summed E-state index contributed by atoms with van der Waals surface area (Å²) in [6, 6.07) is 0. The molecule has 1 atom stereocenters. The minimum Gasteiger partial charge on any atom is -0.466 e. The fraction of sp³-hybridized carbons (Fsp3) is 0.833. The summed E-state index contributed by atoms with van der Waals surface area (Å²) in [5, 5.41) is 0. The van der Waals surface area contributed by atoms with E-state index in [9.17, 15) is 18.0 Å². The van der Waals surface area contributed by atoms with E-state index in [1.807, 2.05) is 0 Å². The van der Waals surface area contributed by atoms with E-state index in [0.717, 1.165) is 12.8 Å². The third-order valence-electron chi connectivity index (χ3n) is 2.76. The third-order valence-corrected chi connectivity index (χ3v) is 4.40. The predicted octanol–water partition coefficient (Wildman–Crippen LogP) is 0.493. The Morgan fingerprint density at radius 3 is 2.63 bits per heavy atom. The van der Waals surface area contributed by atoms with E-state index in [4.69, 9.17) is 4.74 Å². The van der Waals surface area contributed by atoms with Gasteiger partial charge in [-0.15, -0.1) is 0 Å². The minimum absolute atomic E-state index is 0.0673. The molecule has 7 heteroatoms. The summed E-state index contributed by atoms with van der Waals surface area (Å²) >= 11 is 0. The average Bonchev–Trinajstić information content (AvgIpc) is 2.78. The number of rotatable bonds is 8. The van der Waals surface area contributed by atoms with Crippen LogP contribution >= 0.6 is 0 Å². The molecule has 1 unspecified atom stereocenters. The number of hydrogen-bond acceptors (Lipinski definition) is 6. The van der Waals surface area contributed by atoms with Crippen molar-refractivity contribution in [1.29, 1.82) is 0 Å². The largest absolute Gasteiger partial charge is 0.466 e. The molecular weight excluding hydrogens is 272 g/mol. The standard InChI is InChI=1S/C12H20O6S/c1-2-17-12(14)6-5-10(13)8-19(15,16)9-11-4-3-7-18-11/h11H,2-9H2,1H3. The molecule has 1 heterocycles. The quantitative estimate of drug-likeness (QED) is 0.605. The fourth-order valence-electron chi connectivity index (χ4n) is 1.91. The number of esters is 1. The Kier molecular flexibility index (Phi) is 6.44. The molecule has 0 aliphatic carbocycles. The lowest BCUT2D eigenvalue weighted by atomic mass is 10.2. The number of ether oxygens (including phenoxy) is 2. The Bertz CT molecular complexity index is 408. The van der Waals surface area contributed by atoms with Crippen LogP contribution in [0.3, 0.4) is 0 Å². The molecule has 0 amide bonds. The van der Waals surface area contributed by atoms with Crippen molar-refractivity contribution in [2.24, 2.45) is 0 Å². The van der Waals surface area contributed by atoms with Crippen LogP contribution in [0, 0.1) is 0 Å². The second-order valence-corrected chi connectivity index (χ2v) is 6.64. The molecule has 0 saturated carbocycles. The molecule has 1 saturated heterocycles. The topological polar surface area (TPSA) is 86.7 Å². The summed E-state index contributed by atoms with van der Waals surface area (Å²) in [6.45, 7) is 2.51. The molecule has 6 nitrogen and oxygen atoms in total. The van der Waals surface area contributed by atoms with E-state index in [1.54, 1.807) is 6.92 Å². The van der Waals surface area contributed by atoms with Gasteiger partial charge in [0, 0.05) is 13.0 Å². The normalized spacial score (nSPS) is 19.3. The van der Waals surface area contributed by atoms with E-state index in [1.165, 1.54) is 0 Å². The summed E-state index contributed by atoms with van der Waals surface area (Å²) in [4.78, 5) is 22.6. The van der Waals surface area contributed by atoms with E-state index in [0.29, 0.717) is 6.61 Å². The minimum atomic E-state index is -3.45. The summed E-state index contributed by atoms with van der Waals surface area (Å²) < 4.78 is 33.4. The highest BCUT2D eigenvalue weighted by atomic mass is 32.2. The Balaban J connectivity index is 2.31. The van der Waals surface area contributed by atoms with Crippen LogP contribution in [0.25, 0.3) is 0 Å². The smallest absolute Gasteiger partial charge is 0.306 e. The number of carbonyl (C=O) groups is 2. The number of ketones is 1. The SMILES string of the molecule is CCOC(=O)CCC(=O)CS(=O)(=O)CC1CCCO1. The van der Waals surface area contributed by atoms with Crippen molar-refractivity contribution in [2.45, 2.75) is 38.7 Å². The number of carbonyl (C=O) groups excluding carboxylic acids is 2. The summed E-state index contributed by atoms with van der Waals surface area (Å²) in [6.07, 6.45) is 1.13. The highest BCUT2D eigenvalue weighted by Crippen LogP contribution is 2.14. The van der Waals surface area contributed by atoms with Crippen molar-refractivity contribution < 1.29 is 27.5 Å². The van der Waals surface area contributed by atoms with Crippen LogP contribution < -0.4 is 0 Å². The first-order valence-corrected chi connectivity index (χ1v) is 8.24. The van der Waals surface area contributed by atoms with Gasteiger partial charge in [0.1, 0.15) is 11.5 Å². The van der Waals surface area contributed by atoms with Gasteiger partial charge in [0.25, 0.3) is 0 Å². The zero-order chi connectivity index (χ0) is 14.3. The monoisotopic (exact) mass is 292 g/mol. The summed E-state index contributed by atoms with van der Waals surface area (Å²) in [5.74, 6) is -1.57. The van der Waals surface area contributed by atoms with E-state index in [-0.39, 0.29) is 31.3 Å². The van der Waals surface area contributed by atoms with Gasteiger partial charge in [0.15, 0.2) is 9.84 Å². The van der Waals surface area contributed by atoms with E-state index >= 15 is 0 Å². The molecule has 110 valence electrons.